The van der Waals surface area contributed by atoms with Crippen LogP contribution in [0.1, 0.15) is 24.8 Å². The van der Waals surface area contributed by atoms with Gasteiger partial charge in [0.05, 0.1) is 5.60 Å². The number of para-hydroxylation sites is 1. The van der Waals surface area contributed by atoms with E-state index in [0.717, 1.165) is 56.9 Å². The van der Waals surface area contributed by atoms with Gasteiger partial charge in [0.2, 0.25) is 0 Å². The number of nitrogens with zero attached hydrogens (tertiary/aromatic N) is 2. The molecule has 0 saturated carbocycles. The van der Waals surface area contributed by atoms with Gasteiger partial charge in [-0.2, -0.15) is 0 Å². The molecule has 29 heavy (non-hydrogen) atoms. The summed E-state index contributed by atoms with van der Waals surface area (Å²) in [5.74, 6) is 1.74. The topological polar surface area (TPSA) is 45.2 Å². The van der Waals surface area contributed by atoms with Crippen LogP contribution < -0.4 is 9.47 Å². The predicted octanol–water partition coefficient (Wildman–Crippen LogP) is 3.42. The molecule has 1 N–H and O–H groups in total. The van der Waals surface area contributed by atoms with Gasteiger partial charge < -0.3 is 19.5 Å². The third kappa shape index (κ3) is 7.35. The Balaban J connectivity index is 1.49. The molecule has 0 aromatic heterocycles. The van der Waals surface area contributed by atoms with E-state index in [9.17, 15) is 5.11 Å². The highest BCUT2D eigenvalue weighted by molar-refractivity contribution is 5.28. The fourth-order valence-corrected chi connectivity index (χ4v) is 3.61. The Morgan fingerprint density at radius 3 is 2.55 bits per heavy atom. The highest BCUT2D eigenvalue weighted by Crippen LogP contribution is 2.25. The van der Waals surface area contributed by atoms with E-state index in [0.29, 0.717) is 13.2 Å². The fourth-order valence-electron chi connectivity index (χ4n) is 3.61. The van der Waals surface area contributed by atoms with Crippen molar-refractivity contribution in [2.75, 3.05) is 46.9 Å². The van der Waals surface area contributed by atoms with E-state index in [2.05, 4.69) is 28.0 Å². The second-order valence-corrected chi connectivity index (χ2v) is 8.25. The first-order chi connectivity index (χ1) is 14.0. The molecule has 1 aliphatic rings. The van der Waals surface area contributed by atoms with Crippen molar-refractivity contribution in [3.63, 3.8) is 0 Å². The zero-order valence-corrected chi connectivity index (χ0v) is 17.7. The number of hydrogen-bond donors (Lipinski definition) is 1. The van der Waals surface area contributed by atoms with Crippen LogP contribution in [-0.4, -0.2) is 67.5 Å². The maximum absolute atomic E-state index is 11.0. The van der Waals surface area contributed by atoms with Crippen molar-refractivity contribution in [2.24, 2.45) is 0 Å². The van der Waals surface area contributed by atoms with Crippen LogP contribution in [0.2, 0.25) is 0 Å². The highest BCUT2D eigenvalue weighted by Gasteiger charge is 2.31. The van der Waals surface area contributed by atoms with Gasteiger partial charge in [-0.1, -0.05) is 30.3 Å². The lowest BCUT2D eigenvalue weighted by molar-refractivity contribution is -0.0168. The zero-order chi connectivity index (χ0) is 20.5. The molecule has 1 heterocycles. The Bertz CT molecular complexity index is 738. The quantitative estimate of drug-likeness (QED) is 0.701. The number of aliphatic hydroxyl groups is 1. The SMILES string of the molecule is CN(C)CCOc1cccc(CN2CCCC(O)(COc3ccccc3)CC2)c1. The van der Waals surface area contributed by atoms with Crippen LogP contribution in [0.5, 0.6) is 11.5 Å². The Labute approximate surface area is 174 Å². The molecule has 5 nitrogen and oxygen atoms in total. The summed E-state index contributed by atoms with van der Waals surface area (Å²) in [4.78, 5) is 4.53. The molecule has 1 saturated heterocycles. The third-order valence-electron chi connectivity index (χ3n) is 5.37. The Morgan fingerprint density at radius 2 is 1.76 bits per heavy atom. The van der Waals surface area contributed by atoms with Crippen molar-refractivity contribution < 1.29 is 14.6 Å². The number of likely N-dealkylation sites (tertiary alicyclic amines) is 1. The third-order valence-corrected chi connectivity index (χ3v) is 5.37. The Morgan fingerprint density at radius 1 is 0.966 bits per heavy atom. The molecule has 1 atom stereocenters. The molecule has 3 rings (SSSR count). The highest BCUT2D eigenvalue weighted by atomic mass is 16.5. The smallest absolute Gasteiger partial charge is 0.119 e. The molecular formula is C24H34N2O3. The molecule has 1 unspecified atom stereocenters. The van der Waals surface area contributed by atoms with E-state index in [-0.39, 0.29) is 0 Å². The van der Waals surface area contributed by atoms with Gasteiger partial charge in [-0.05, 0) is 69.7 Å². The molecule has 1 fully saturated rings. The molecular weight excluding hydrogens is 364 g/mol. The minimum Gasteiger partial charge on any atom is -0.492 e. The lowest BCUT2D eigenvalue weighted by Gasteiger charge is -2.27. The minimum absolute atomic E-state index is 0.347. The lowest BCUT2D eigenvalue weighted by Crippen LogP contribution is -2.37. The monoisotopic (exact) mass is 398 g/mol. The van der Waals surface area contributed by atoms with Crippen LogP contribution in [0.3, 0.4) is 0 Å². The Hall–Kier alpha value is -2.08. The van der Waals surface area contributed by atoms with Crippen molar-refractivity contribution in [2.45, 2.75) is 31.4 Å². The summed E-state index contributed by atoms with van der Waals surface area (Å²) in [6.07, 6.45) is 2.45. The summed E-state index contributed by atoms with van der Waals surface area (Å²) >= 11 is 0. The molecule has 5 heteroatoms. The zero-order valence-electron chi connectivity index (χ0n) is 17.7. The van der Waals surface area contributed by atoms with Gasteiger partial charge in [0.1, 0.15) is 24.7 Å². The second-order valence-electron chi connectivity index (χ2n) is 8.25. The van der Waals surface area contributed by atoms with Gasteiger partial charge in [0, 0.05) is 19.6 Å². The summed E-state index contributed by atoms with van der Waals surface area (Å²) < 4.78 is 11.7. The molecule has 0 spiro atoms. The molecule has 0 radical (unpaired) electrons. The maximum atomic E-state index is 11.0. The van der Waals surface area contributed by atoms with E-state index in [1.54, 1.807) is 0 Å². The van der Waals surface area contributed by atoms with Crippen LogP contribution in [0.15, 0.2) is 54.6 Å². The van der Waals surface area contributed by atoms with Crippen molar-refractivity contribution >= 4 is 0 Å². The minimum atomic E-state index is -0.762. The second kappa shape index (κ2) is 10.6. The van der Waals surface area contributed by atoms with E-state index < -0.39 is 5.60 Å². The van der Waals surface area contributed by atoms with Crippen LogP contribution >= 0.6 is 0 Å². The normalized spacial score (nSPS) is 20.4. The van der Waals surface area contributed by atoms with Crippen molar-refractivity contribution in [1.29, 1.82) is 0 Å². The Kier molecular flexibility index (Phi) is 7.92. The predicted molar refractivity (Wildman–Crippen MR) is 117 cm³/mol. The largest absolute Gasteiger partial charge is 0.492 e. The first-order valence-electron chi connectivity index (χ1n) is 10.5. The molecule has 158 valence electrons. The van der Waals surface area contributed by atoms with Crippen LogP contribution in [0.4, 0.5) is 0 Å². The van der Waals surface area contributed by atoms with Gasteiger partial charge in [0.15, 0.2) is 0 Å². The first-order valence-corrected chi connectivity index (χ1v) is 10.5. The molecule has 0 bridgehead atoms. The van der Waals surface area contributed by atoms with Gasteiger partial charge in [-0.3, -0.25) is 4.90 Å². The van der Waals surface area contributed by atoms with Gasteiger partial charge in [-0.15, -0.1) is 0 Å². The number of benzene rings is 2. The first kappa shape index (κ1) is 21.6. The summed E-state index contributed by atoms with van der Waals surface area (Å²) in [6.45, 7) is 4.66. The molecule has 0 aliphatic carbocycles. The molecule has 2 aromatic rings. The summed E-state index contributed by atoms with van der Waals surface area (Å²) in [5, 5.41) is 11.0. The fraction of sp³-hybridized carbons (Fsp3) is 0.500. The standard InChI is InChI=1S/C24H34N2O3/c1-25(2)16-17-28-23-11-6-8-21(18-23)19-26-14-7-12-24(27,13-15-26)20-29-22-9-4-3-5-10-22/h3-6,8-11,18,27H,7,12-17,19-20H2,1-2H3. The molecule has 2 aromatic carbocycles. The van der Waals surface area contributed by atoms with Crippen molar-refractivity contribution in [3.8, 4) is 11.5 Å². The number of hydrogen-bond acceptors (Lipinski definition) is 5. The number of rotatable bonds is 9. The average molecular weight is 399 g/mol. The summed E-state index contributed by atoms with van der Waals surface area (Å²) in [5.41, 5.74) is 0.486. The summed E-state index contributed by atoms with van der Waals surface area (Å²) in [7, 11) is 4.09. The molecule has 0 amide bonds. The van der Waals surface area contributed by atoms with E-state index >= 15 is 0 Å². The van der Waals surface area contributed by atoms with Crippen LogP contribution in [0.25, 0.3) is 0 Å². The number of ether oxygens (including phenoxy) is 2. The van der Waals surface area contributed by atoms with Crippen molar-refractivity contribution in [3.05, 3.63) is 60.2 Å². The van der Waals surface area contributed by atoms with Crippen molar-refractivity contribution in [1.82, 2.24) is 9.80 Å². The van der Waals surface area contributed by atoms with Gasteiger partial charge in [-0.25, -0.2) is 0 Å². The van der Waals surface area contributed by atoms with Gasteiger partial charge >= 0.3 is 0 Å². The number of likely N-dealkylation sites (N-methyl/N-ethyl adjacent to an activating group) is 1. The average Bonchev–Trinajstić information content (AvgIpc) is 2.89. The van der Waals surface area contributed by atoms with Crippen LogP contribution in [0, 0.1) is 0 Å². The van der Waals surface area contributed by atoms with Gasteiger partial charge in [0.25, 0.3) is 0 Å². The maximum Gasteiger partial charge on any atom is 0.119 e. The van der Waals surface area contributed by atoms with E-state index in [1.807, 2.05) is 50.5 Å². The molecule has 1 aliphatic heterocycles. The van der Waals surface area contributed by atoms with E-state index in [4.69, 9.17) is 9.47 Å². The summed E-state index contributed by atoms with van der Waals surface area (Å²) in [6, 6.07) is 18.1. The lowest BCUT2D eigenvalue weighted by atomic mass is 9.96. The van der Waals surface area contributed by atoms with E-state index in [1.165, 1.54) is 5.56 Å². The van der Waals surface area contributed by atoms with Crippen LogP contribution in [-0.2, 0) is 6.54 Å².